The molecule has 0 bridgehead atoms. The van der Waals surface area contributed by atoms with E-state index in [4.69, 9.17) is 0 Å². The highest BCUT2D eigenvalue weighted by Crippen LogP contribution is 2.30. The standard InChI is InChI=1S/C16H22O4/c1-9(2)6-5-7-10(3)13-15(19)12(8-17)11(4)14(18)16(13)20/h6,10,17,19H,5,7-8H2,1-4H3/t10-/m1/s1. The molecule has 0 aromatic carbocycles. The van der Waals surface area contributed by atoms with E-state index in [9.17, 15) is 19.8 Å². The molecule has 0 aromatic heterocycles. The van der Waals surface area contributed by atoms with Crippen molar-refractivity contribution in [2.75, 3.05) is 6.61 Å². The van der Waals surface area contributed by atoms with Crippen molar-refractivity contribution >= 4 is 11.6 Å². The Morgan fingerprint density at radius 1 is 1.25 bits per heavy atom. The van der Waals surface area contributed by atoms with Crippen LogP contribution in [0.1, 0.15) is 40.5 Å². The number of aliphatic hydroxyl groups excluding tert-OH is 2. The van der Waals surface area contributed by atoms with Gasteiger partial charge < -0.3 is 10.2 Å². The number of Topliss-reactive ketones (excluding diaryl/α,β-unsaturated/α-hetero) is 2. The van der Waals surface area contributed by atoms with E-state index < -0.39 is 18.2 Å². The maximum absolute atomic E-state index is 12.0. The van der Waals surface area contributed by atoms with Gasteiger partial charge in [-0.3, -0.25) is 9.59 Å². The highest BCUT2D eigenvalue weighted by Gasteiger charge is 2.34. The number of hydrogen-bond donors (Lipinski definition) is 2. The van der Waals surface area contributed by atoms with Gasteiger partial charge in [-0.15, -0.1) is 0 Å². The maximum Gasteiger partial charge on any atom is 0.233 e. The molecule has 0 fully saturated rings. The minimum Gasteiger partial charge on any atom is -0.507 e. The third kappa shape index (κ3) is 3.25. The molecule has 0 spiro atoms. The molecule has 2 N–H and O–H groups in total. The summed E-state index contributed by atoms with van der Waals surface area (Å²) in [5, 5.41) is 19.4. The van der Waals surface area contributed by atoms with Crippen LogP contribution < -0.4 is 0 Å². The lowest BCUT2D eigenvalue weighted by molar-refractivity contribution is -0.132. The Labute approximate surface area is 119 Å². The van der Waals surface area contributed by atoms with Crippen molar-refractivity contribution in [3.05, 3.63) is 34.1 Å². The van der Waals surface area contributed by atoms with Crippen LogP contribution in [0.25, 0.3) is 0 Å². The van der Waals surface area contributed by atoms with E-state index in [0.29, 0.717) is 6.42 Å². The molecular weight excluding hydrogens is 256 g/mol. The van der Waals surface area contributed by atoms with Crippen LogP contribution in [-0.2, 0) is 9.59 Å². The number of ketones is 2. The van der Waals surface area contributed by atoms with Crippen LogP contribution in [0.2, 0.25) is 0 Å². The molecule has 0 amide bonds. The summed E-state index contributed by atoms with van der Waals surface area (Å²) >= 11 is 0. The van der Waals surface area contributed by atoms with Gasteiger partial charge in [0.1, 0.15) is 5.76 Å². The van der Waals surface area contributed by atoms with Crippen molar-refractivity contribution in [3.8, 4) is 0 Å². The zero-order valence-corrected chi connectivity index (χ0v) is 12.5. The Kier molecular flexibility index (Phi) is 5.45. The van der Waals surface area contributed by atoms with Gasteiger partial charge in [-0.05, 0) is 39.5 Å². The van der Waals surface area contributed by atoms with Gasteiger partial charge in [-0.2, -0.15) is 0 Å². The van der Waals surface area contributed by atoms with Gasteiger partial charge in [0.05, 0.1) is 6.61 Å². The quantitative estimate of drug-likeness (QED) is 0.460. The Morgan fingerprint density at radius 2 is 1.85 bits per heavy atom. The Morgan fingerprint density at radius 3 is 2.35 bits per heavy atom. The van der Waals surface area contributed by atoms with Crippen LogP contribution in [-0.4, -0.2) is 28.4 Å². The van der Waals surface area contributed by atoms with Gasteiger partial charge in [0.2, 0.25) is 11.6 Å². The first-order valence-corrected chi connectivity index (χ1v) is 6.77. The minimum atomic E-state index is -0.651. The lowest BCUT2D eigenvalue weighted by atomic mass is 9.82. The molecule has 0 unspecified atom stereocenters. The third-order valence-corrected chi connectivity index (χ3v) is 3.59. The number of carbonyl (C=O) groups excluding carboxylic acids is 2. The minimum absolute atomic E-state index is 0.131. The van der Waals surface area contributed by atoms with E-state index in [-0.39, 0.29) is 28.4 Å². The van der Waals surface area contributed by atoms with Crippen LogP contribution in [0.4, 0.5) is 0 Å². The molecule has 0 saturated carbocycles. The van der Waals surface area contributed by atoms with Crippen LogP contribution in [0.5, 0.6) is 0 Å². The van der Waals surface area contributed by atoms with Gasteiger partial charge in [0.15, 0.2) is 0 Å². The molecule has 0 aliphatic heterocycles. The molecule has 0 radical (unpaired) electrons. The lowest BCUT2D eigenvalue weighted by Crippen LogP contribution is -2.29. The summed E-state index contributed by atoms with van der Waals surface area (Å²) in [5.74, 6) is -1.73. The highest BCUT2D eigenvalue weighted by atomic mass is 16.3. The van der Waals surface area contributed by atoms with Crippen molar-refractivity contribution < 1.29 is 19.8 Å². The molecule has 110 valence electrons. The molecule has 4 heteroatoms. The average Bonchev–Trinajstić information content (AvgIpc) is 2.36. The zero-order valence-electron chi connectivity index (χ0n) is 12.5. The molecule has 1 aliphatic carbocycles. The van der Waals surface area contributed by atoms with Crippen LogP contribution >= 0.6 is 0 Å². The van der Waals surface area contributed by atoms with E-state index in [1.165, 1.54) is 12.5 Å². The monoisotopic (exact) mass is 278 g/mol. The first-order chi connectivity index (χ1) is 9.31. The normalized spacial score (nSPS) is 17.6. The van der Waals surface area contributed by atoms with Crippen molar-refractivity contribution in [1.29, 1.82) is 0 Å². The average molecular weight is 278 g/mol. The molecule has 20 heavy (non-hydrogen) atoms. The summed E-state index contributed by atoms with van der Waals surface area (Å²) < 4.78 is 0. The SMILES string of the molecule is CC(C)=CCC[C@@H](C)C1=C(O)C(CO)=C(C)C(=O)C1=O. The summed E-state index contributed by atoms with van der Waals surface area (Å²) in [6.45, 7) is 6.80. The van der Waals surface area contributed by atoms with E-state index in [1.807, 2.05) is 20.8 Å². The first kappa shape index (κ1) is 16.4. The molecule has 0 aromatic rings. The fourth-order valence-electron chi connectivity index (χ4n) is 2.29. The molecule has 1 aliphatic rings. The van der Waals surface area contributed by atoms with Crippen molar-refractivity contribution in [2.24, 2.45) is 5.92 Å². The summed E-state index contributed by atoms with van der Waals surface area (Å²) in [6.07, 6.45) is 3.50. The Balaban J connectivity index is 3.07. The van der Waals surface area contributed by atoms with E-state index >= 15 is 0 Å². The van der Waals surface area contributed by atoms with Gasteiger partial charge in [-0.1, -0.05) is 18.6 Å². The second-order valence-electron chi connectivity index (χ2n) is 5.44. The fraction of sp³-hybridized carbons (Fsp3) is 0.500. The number of allylic oxidation sites excluding steroid dienone is 4. The van der Waals surface area contributed by atoms with E-state index in [2.05, 4.69) is 6.08 Å². The lowest BCUT2D eigenvalue weighted by Gasteiger charge is -2.22. The van der Waals surface area contributed by atoms with Crippen LogP contribution in [0.15, 0.2) is 34.1 Å². The van der Waals surface area contributed by atoms with Gasteiger partial charge in [-0.25, -0.2) is 0 Å². The Hall–Kier alpha value is -1.68. The van der Waals surface area contributed by atoms with Crippen LogP contribution in [0, 0.1) is 5.92 Å². The van der Waals surface area contributed by atoms with E-state index in [1.54, 1.807) is 0 Å². The topological polar surface area (TPSA) is 74.6 Å². The molecule has 0 heterocycles. The second-order valence-corrected chi connectivity index (χ2v) is 5.44. The van der Waals surface area contributed by atoms with Gasteiger partial charge in [0.25, 0.3) is 0 Å². The maximum atomic E-state index is 12.0. The smallest absolute Gasteiger partial charge is 0.233 e. The molecule has 0 saturated heterocycles. The van der Waals surface area contributed by atoms with Crippen LogP contribution in [0.3, 0.4) is 0 Å². The van der Waals surface area contributed by atoms with Gasteiger partial charge >= 0.3 is 0 Å². The second kappa shape index (κ2) is 6.66. The molecule has 1 rings (SSSR count). The van der Waals surface area contributed by atoms with Crippen molar-refractivity contribution in [1.82, 2.24) is 0 Å². The van der Waals surface area contributed by atoms with E-state index in [0.717, 1.165) is 6.42 Å². The Bertz CT molecular complexity index is 517. The third-order valence-electron chi connectivity index (χ3n) is 3.59. The van der Waals surface area contributed by atoms with Crippen molar-refractivity contribution in [2.45, 2.75) is 40.5 Å². The molecule has 4 nitrogen and oxygen atoms in total. The summed E-state index contributed by atoms with van der Waals surface area (Å²) in [6, 6.07) is 0. The number of hydrogen-bond acceptors (Lipinski definition) is 4. The zero-order chi connectivity index (χ0) is 15.4. The summed E-state index contributed by atoms with van der Waals surface area (Å²) in [4.78, 5) is 23.9. The number of rotatable bonds is 5. The molecule has 1 atom stereocenters. The summed E-state index contributed by atoms with van der Waals surface area (Å²) in [7, 11) is 0. The largest absolute Gasteiger partial charge is 0.507 e. The number of carbonyl (C=O) groups is 2. The summed E-state index contributed by atoms with van der Waals surface area (Å²) in [5.41, 5.74) is 1.62. The fourth-order valence-corrected chi connectivity index (χ4v) is 2.29. The van der Waals surface area contributed by atoms with Crippen molar-refractivity contribution in [3.63, 3.8) is 0 Å². The van der Waals surface area contributed by atoms with Gasteiger partial charge in [0, 0.05) is 16.7 Å². The highest BCUT2D eigenvalue weighted by molar-refractivity contribution is 6.50. The first-order valence-electron chi connectivity index (χ1n) is 6.77. The molecular formula is C16H22O4. The predicted octanol–water partition coefficient (Wildman–Crippen LogP) is 2.64. The predicted molar refractivity (Wildman–Crippen MR) is 77.3 cm³/mol. The number of aliphatic hydroxyl groups is 2.